The van der Waals surface area contributed by atoms with E-state index in [1.54, 1.807) is 0 Å². The Morgan fingerprint density at radius 2 is 1.05 bits per heavy atom. The van der Waals surface area contributed by atoms with Crippen molar-refractivity contribution in [2.75, 3.05) is 19.8 Å². The number of hydrogen-bond acceptors (Lipinski definition) is 19. The molecular weight excluding hydrogens is 580 g/mol. The van der Waals surface area contributed by atoms with E-state index in [1.165, 1.54) is 6.92 Å². The zero-order valence-electron chi connectivity index (χ0n) is 22.3. The topological polar surface area (TPSA) is 307 Å². The van der Waals surface area contributed by atoms with Gasteiger partial charge in [-0.1, -0.05) is 0 Å². The average molecular weight is 621 g/mol. The Kier molecular flexibility index (Phi) is 11.5. The van der Waals surface area contributed by atoms with Crippen molar-refractivity contribution < 1.29 is 94.4 Å². The molecule has 4 aliphatic heterocycles. The molecule has 0 aromatic rings. The summed E-state index contributed by atoms with van der Waals surface area (Å²) in [5.74, 6) is 0. The molecule has 42 heavy (non-hydrogen) atoms. The molecule has 12 N–H and O–H groups in total. The van der Waals surface area contributed by atoms with Gasteiger partial charge >= 0.3 is 0 Å². The molecule has 0 bridgehead atoms. The van der Waals surface area contributed by atoms with Gasteiger partial charge in [0.1, 0.15) is 85.5 Å². The molecule has 4 rings (SSSR count). The Morgan fingerprint density at radius 3 is 1.69 bits per heavy atom. The second-order valence-corrected chi connectivity index (χ2v) is 10.7. The molecule has 4 aliphatic rings. The van der Waals surface area contributed by atoms with Gasteiger partial charge in [0.15, 0.2) is 25.2 Å². The first kappa shape index (κ1) is 34.1. The van der Waals surface area contributed by atoms with Gasteiger partial charge in [-0.25, -0.2) is 0 Å². The number of hydrogen-bond donors (Lipinski definition) is 12. The SMILES string of the molecule is C[C@H]1O[C@@H](O)[C@@H](O)[C@H](O)[C@H]1O[C@H]1OC[C@H](O[C@@H]2O[C@@H](CO)[C@@H](O[C@H]3O[C@@H](CO)[C@H](O)[C@@H](O)[C@H]3O)[C@@H](O)[C@H]2O)[C@@H](O)[C@H]1O. The number of ether oxygens (including phenoxy) is 7. The summed E-state index contributed by atoms with van der Waals surface area (Å²) in [6.45, 7) is -0.610. The van der Waals surface area contributed by atoms with Crippen molar-refractivity contribution in [2.45, 2.75) is 124 Å². The molecule has 19 nitrogen and oxygen atoms in total. The molecule has 246 valence electrons. The van der Waals surface area contributed by atoms with Crippen molar-refractivity contribution in [1.82, 2.24) is 0 Å². The molecule has 0 radical (unpaired) electrons. The van der Waals surface area contributed by atoms with Crippen LogP contribution in [0.2, 0.25) is 0 Å². The minimum absolute atomic E-state index is 0.469. The van der Waals surface area contributed by atoms with E-state index in [1.807, 2.05) is 0 Å². The van der Waals surface area contributed by atoms with Gasteiger partial charge in [-0.3, -0.25) is 0 Å². The van der Waals surface area contributed by atoms with E-state index in [0.717, 1.165) is 0 Å². The Balaban J connectivity index is 1.36. The van der Waals surface area contributed by atoms with Gasteiger partial charge in [-0.15, -0.1) is 0 Å². The molecule has 0 spiro atoms. The third-order valence-electron chi connectivity index (χ3n) is 7.79. The van der Waals surface area contributed by atoms with Crippen LogP contribution < -0.4 is 0 Å². The predicted octanol–water partition coefficient (Wildman–Crippen LogP) is -8.08. The lowest BCUT2D eigenvalue weighted by atomic mass is 9.96. The van der Waals surface area contributed by atoms with E-state index in [0.29, 0.717) is 0 Å². The Bertz CT molecular complexity index is 851. The van der Waals surface area contributed by atoms with Crippen LogP contribution in [0.3, 0.4) is 0 Å². The van der Waals surface area contributed by atoms with E-state index in [4.69, 9.17) is 33.2 Å². The molecule has 19 atom stereocenters. The molecule has 0 unspecified atom stereocenters. The minimum Gasteiger partial charge on any atom is -0.394 e. The first-order valence-corrected chi connectivity index (χ1v) is 13.4. The Hall–Kier alpha value is -0.760. The summed E-state index contributed by atoms with van der Waals surface area (Å²) >= 11 is 0. The Morgan fingerprint density at radius 1 is 0.524 bits per heavy atom. The van der Waals surface area contributed by atoms with E-state index in [2.05, 4.69) is 0 Å². The lowest BCUT2D eigenvalue weighted by Gasteiger charge is -2.47. The summed E-state index contributed by atoms with van der Waals surface area (Å²) in [5, 5.41) is 122. The number of aliphatic hydroxyl groups excluding tert-OH is 12. The van der Waals surface area contributed by atoms with Gasteiger partial charge in [-0.2, -0.15) is 0 Å². The van der Waals surface area contributed by atoms with E-state index in [9.17, 15) is 61.3 Å². The largest absolute Gasteiger partial charge is 0.394 e. The normalized spacial score (nSPS) is 54.1. The zero-order valence-corrected chi connectivity index (χ0v) is 22.3. The van der Waals surface area contributed by atoms with Crippen LogP contribution >= 0.6 is 0 Å². The number of aliphatic hydroxyl groups is 12. The van der Waals surface area contributed by atoms with Crippen LogP contribution in [0.4, 0.5) is 0 Å². The fourth-order valence-corrected chi connectivity index (χ4v) is 5.21. The maximum absolute atomic E-state index is 10.7. The van der Waals surface area contributed by atoms with Gasteiger partial charge in [-0.05, 0) is 6.92 Å². The quantitative estimate of drug-likeness (QED) is 0.120. The third-order valence-corrected chi connectivity index (χ3v) is 7.79. The molecule has 0 saturated carbocycles. The molecule has 4 saturated heterocycles. The molecule has 0 aromatic heterocycles. The smallest absolute Gasteiger partial charge is 0.187 e. The first-order valence-electron chi connectivity index (χ1n) is 13.4. The zero-order chi connectivity index (χ0) is 31.0. The second kappa shape index (κ2) is 14.1. The van der Waals surface area contributed by atoms with Crippen LogP contribution in [-0.2, 0) is 33.2 Å². The molecule has 0 aliphatic carbocycles. The molecule has 0 aromatic carbocycles. The van der Waals surface area contributed by atoms with Crippen LogP contribution in [0.1, 0.15) is 6.92 Å². The molecule has 4 heterocycles. The van der Waals surface area contributed by atoms with Crippen molar-refractivity contribution in [1.29, 1.82) is 0 Å². The second-order valence-electron chi connectivity index (χ2n) is 10.7. The monoisotopic (exact) mass is 620 g/mol. The van der Waals surface area contributed by atoms with Gasteiger partial charge in [0.25, 0.3) is 0 Å². The van der Waals surface area contributed by atoms with E-state index < -0.39 is 137 Å². The van der Waals surface area contributed by atoms with Crippen molar-refractivity contribution >= 4 is 0 Å². The molecular formula is C23H40O19. The van der Waals surface area contributed by atoms with Gasteiger partial charge < -0.3 is 94.4 Å². The first-order chi connectivity index (χ1) is 19.8. The van der Waals surface area contributed by atoms with E-state index >= 15 is 0 Å². The van der Waals surface area contributed by atoms with Crippen LogP contribution in [0.15, 0.2) is 0 Å². The third kappa shape index (κ3) is 6.74. The lowest BCUT2D eigenvalue weighted by Crippen LogP contribution is -2.66. The number of rotatable bonds is 8. The Labute approximate surface area is 238 Å². The standard InChI is InChI=1S/C23H40O19/c1-5-18(12(29)14(31)20(35)37-5)41-21-15(32)10(27)8(4-36-21)40-22-17(34)13(30)19(7(3-25)39-22)42-23-16(33)11(28)9(26)6(2-24)38-23/h5-35H,2-4H2,1H3/t5-,6+,7+,8+,9+,10-,11-,12+,13+,14+,15-,16-,17-,18+,19-,20-,21-,22+,23-/m1/s1. The van der Waals surface area contributed by atoms with Crippen LogP contribution in [0.5, 0.6) is 0 Å². The fraction of sp³-hybridized carbons (Fsp3) is 1.00. The predicted molar refractivity (Wildman–Crippen MR) is 126 cm³/mol. The summed E-state index contributed by atoms with van der Waals surface area (Å²) in [6.07, 6.45) is -30.5. The van der Waals surface area contributed by atoms with Crippen LogP contribution in [0.25, 0.3) is 0 Å². The summed E-state index contributed by atoms with van der Waals surface area (Å²) in [4.78, 5) is 0. The highest BCUT2D eigenvalue weighted by molar-refractivity contribution is 4.95. The maximum Gasteiger partial charge on any atom is 0.187 e. The fourth-order valence-electron chi connectivity index (χ4n) is 5.21. The maximum atomic E-state index is 10.7. The van der Waals surface area contributed by atoms with Crippen molar-refractivity contribution in [3.63, 3.8) is 0 Å². The van der Waals surface area contributed by atoms with Gasteiger partial charge in [0.2, 0.25) is 0 Å². The summed E-state index contributed by atoms with van der Waals surface area (Å²) < 4.78 is 37.8. The summed E-state index contributed by atoms with van der Waals surface area (Å²) in [6, 6.07) is 0. The van der Waals surface area contributed by atoms with E-state index in [-0.39, 0.29) is 0 Å². The van der Waals surface area contributed by atoms with Crippen LogP contribution in [0, 0.1) is 0 Å². The molecule has 0 amide bonds. The van der Waals surface area contributed by atoms with Crippen molar-refractivity contribution in [3.8, 4) is 0 Å². The van der Waals surface area contributed by atoms with Crippen molar-refractivity contribution in [2.24, 2.45) is 0 Å². The highest BCUT2D eigenvalue weighted by Crippen LogP contribution is 2.32. The molecule has 4 fully saturated rings. The summed E-state index contributed by atoms with van der Waals surface area (Å²) in [7, 11) is 0. The lowest BCUT2D eigenvalue weighted by molar-refractivity contribution is -0.377. The van der Waals surface area contributed by atoms with Crippen molar-refractivity contribution in [3.05, 3.63) is 0 Å². The average Bonchev–Trinajstić information content (AvgIpc) is 2.97. The van der Waals surface area contributed by atoms with Gasteiger partial charge in [0, 0.05) is 0 Å². The molecule has 19 heteroatoms. The van der Waals surface area contributed by atoms with Crippen LogP contribution in [-0.4, -0.2) is 198 Å². The van der Waals surface area contributed by atoms with Gasteiger partial charge in [0.05, 0.1) is 25.9 Å². The summed E-state index contributed by atoms with van der Waals surface area (Å²) in [5.41, 5.74) is 0. The highest BCUT2D eigenvalue weighted by Gasteiger charge is 2.53. The minimum atomic E-state index is -1.90. The highest BCUT2D eigenvalue weighted by atomic mass is 16.8.